The second-order valence-electron chi connectivity index (χ2n) is 5.56. The van der Waals surface area contributed by atoms with Crippen molar-refractivity contribution in [1.82, 2.24) is 5.32 Å². The molecule has 0 amide bonds. The van der Waals surface area contributed by atoms with Gasteiger partial charge in [-0.3, -0.25) is 0 Å². The quantitative estimate of drug-likeness (QED) is 0.598. The molecule has 3 heteroatoms. The largest absolute Gasteiger partial charge is 0.308 e. The van der Waals surface area contributed by atoms with Crippen LogP contribution in [-0.2, 0) is 6.54 Å². The van der Waals surface area contributed by atoms with Crippen molar-refractivity contribution in [2.45, 2.75) is 57.5 Å². The first-order chi connectivity index (χ1) is 8.42. The number of benzene rings is 1. The topological polar surface area (TPSA) is 12.0 Å². The van der Waals surface area contributed by atoms with Crippen molar-refractivity contribution in [3.63, 3.8) is 0 Å². The molecule has 102 valence electrons. The van der Waals surface area contributed by atoms with Crippen molar-refractivity contribution in [3.8, 4) is 0 Å². The van der Waals surface area contributed by atoms with Crippen LogP contribution in [0, 0.1) is 5.82 Å². The predicted molar refractivity (Wildman–Crippen MR) is 78.6 cm³/mol. The number of unbranched alkanes of at least 4 members (excludes halogenated alkanes) is 1. The van der Waals surface area contributed by atoms with Crippen molar-refractivity contribution in [1.29, 1.82) is 0 Å². The zero-order valence-electron chi connectivity index (χ0n) is 11.8. The first-order valence-electron chi connectivity index (χ1n) is 6.58. The van der Waals surface area contributed by atoms with Crippen LogP contribution in [0.2, 0.25) is 0 Å². The van der Waals surface area contributed by atoms with E-state index in [0.717, 1.165) is 17.9 Å². The maximum absolute atomic E-state index is 13.3. The second kappa shape index (κ2) is 7.15. The standard InChI is InChI=1S/C15H24FNS/c1-5-6-9-18-14-8-7-13(16)10-12(14)11-17-15(2,3)4/h7-8,10,17H,5-6,9,11H2,1-4H3. The van der Waals surface area contributed by atoms with Crippen LogP contribution in [0.1, 0.15) is 46.1 Å². The van der Waals surface area contributed by atoms with Crippen molar-refractivity contribution in [3.05, 3.63) is 29.6 Å². The fourth-order valence-electron chi connectivity index (χ4n) is 1.51. The van der Waals surface area contributed by atoms with Crippen LogP contribution in [-0.4, -0.2) is 11.3 Å². The highest BCUT2D eigenvalue weighted by Crippen LogP contribution is 2.25. The third-order valence-corrected chi connectivity index (χ3v) is 3.79. The van der Waals surface area contributed by atoms with E-state index in [9.17, 15) is 4.39 Å². The Hall–Kier alpha value is -0.540. The van der Waals surface area contributed by atoms with Gasteiger partial charge in [-0.1, -0.05) is 13.3 Å². The average molecular weight is 269 g/mol. The van der Waals surface area contributed by atoms with Gasteiger partial charge in [0.25, 0.3) is 0 Å². The summed E-state index contributed by atoms with van der Waals surface area (Å²) >= 11 is 1.82. The number of thioether (sulfide) groups is 1. The second-order valence-corrected chi connectivity index (χ2v) is 6.69. The molecule has 0 aromatic heterocycles. The van der Waals surface area contributed by atoms with Gasteiger partial charge >= 0.3 is 0 Å². The van der Waals surface area contributed by atoms with E-state index in [1.807, 2.05) is 17.8 Å². The normalized spacial score (nSPS) is 11.8. The molecule has 1 rings (SSSR count). The van der Waals surface area contributed by atoms with Gasteiger partial charge in [-0.2, -0.15) is 0 Å². The van der Waals surface area contributed by atoms with Gasteiger partial charge in [0.05, 0.1) is 0 Å². The summed E-state index contributed by atoms with van der Waals surface area (Å²) in [6, 6.07) is 5.09. The van der Waals surface area contributed by atoms with Crippen LogP contribution in [0.15, 0.2) is 23.1 Å². The first kappa shape index (κ1) is 15.5. The van der Waals surface area contributed by atoms with Crippen LogP contribution in [0.5, 0.6) is 0 Å². The van der Waals surface area contributed by atoms with E-state index in [2.05, 4.69) is 33.0 Å². The summed E-state index contributed by atoms with van der Waals surface area (Å²) in [6.07, 6.45) is 2.40. The van der Waals surface area contributed by atoms with Gasteiger partial charge in [0.1, 0.15) is 5.82 Å². The SMILES string of the molecule is CCCCSc1ccc(F)cc1CNC(C)(C)C. The third-order valence-electron chi connectivity index (χ3n) is 2.59. The molecule has 0 radical (unpaired) electrons. The minimum absolute atomic E-state index is 0.0532. The maximum atomic E-state index is 13.3. The number of rotatable bonds is 6. The maximum Gasteiger partial charge on any atom is 0.123 e. The Morgan fingerprint density at radius 3 is 2.61 bits per heavy atom. The molecular formula is C15H24FNS. The van der Waals surface area contributed by atoms with Crippen LogP contribution in [0.3, 0.4) is 0 Å². The Morgan fingerprint density at radius 1 is 1.28 bits per heavy atom. The smallest absolute Gasteiger partial charge is 0.123 e. The van der Waals surface area contributed by atoms with E-state index in [1.54, 1.807) is 12.1 Å². The molecule has 0 bridgehead atoms. The van der Waals surface area contributed by atoms with Gasteiger partial charge in [-0.05, 0) is 56.7 Å². The molecule has 0 saturated heterocycles. The monoisotopic (exact) mass is 269 g/mol. The molecule has 1 N–H and O–H groups in total. The minimum atomic E-state index is -0.152. The molecule has 0 saturated carbocycles. The summed E-state index contributed by atoms with van der Waals surface area (Å²) < 4.78 is 13.3. The Bertz CT molecular complexity index is 371. The summed E-state index contributed by atoms with van der Waals surface area (Å²) in [5, 5.41) is 3.42. The zero-order valence-corrected chi connectivity index (χ0v) is 12.7. The van der Waals surface area contributed by atoms with E-state index in [1.165, 1.54) is 17.7 Å². The van der Waals surface area contributed by atoms with E-state index in [0.29, 0.717) is 0 Å². The molecule has 0 heterocycles. The molecule has 18 heavy (non-hydrogen) atoms. The summed E-state index contributed by atoms with van der Waals surface area (Å²) in [4.78, 5) is 1.20. The summed E-state index contributed by atoms with van der Waals surface area (Å²) in [5.74, 6) is 0.950. The van der Waals surface area contributed by atoms with Crippen molar-refractivity contribution in [2.75, 3.05) is 5.75 Å². The van der Waals surface area contributed by atoms with Gasteiger partial charge in [0.2, 0.25) is 0 Å². The van der Waals surface area contributed by atoms with Crippen LogP contribution < -0.4 is 5.32 Å². The van der Waals surface area contributed by atoms with Crippen LogP contribution in [0.25, 0.3) is 0 Å². The lowest BCUT2D eigenvalue weighted by atomic mass is 10.1. The van der Waals surface area contributed by atoms with E-state index in [4.69, 9.17) is 0 Å². The number of hydrogen-bond acceptors (Lipinski definition) is 2. The van der Waals surface area contributed by atoms with Crippen LogP contribution >= 0.6 is 11.8 Å². The van der Waals surface area contributed by atoms with Gasteiger partial charge in [-0.25, -0.2) is 4.39 Å². The molecule has 0 atom stereocenters. The fourth-order valence-corrected chi connectivity index (χ4v) is 2.65. The Kier molecular flexibility index (Phi) is 6.16. The highest BCUT2D eigenvalue weighted by atomic mass is 32.2. The van der Waals surface area contributed by atoms with Crippen molar-refractivity contribution >= 4 is 11.8 Å². The molecule has 1 aromatic rings. The minimum Gasteiger partial charge on any atom is -0.308 e. The van der Waals surface area contributed by atoms with Crippen molar-refractivity contribution < 1.29 is 4.39 Å². The molecular weight excluding hydrogens is 245 g/mol. The Labute approximate surface area is 115 Å². The van der Waals surface area contributed by atoms with Gasteiger partial charge < -0.3 is 5.32 Å². The highest BCUT2D eigenvalue weighted by Gasteiger charge is 2.11. The zero-order chi connectivity index (χ0) is 13.6. The molecule has 1 nitrogen and oxygen atoms in total. The Morgan fingerprint density at radius 2 is 2.00 bits per heavy atom. The summed E-state index contributed by atoms with van der Waals surface area (Å²) in [7, 11) is 0. The van der Waals surface area contributed by atoms with E-state index >= 15 is 0 Å². The molecule has 0 spiro atoms. The van der Waals surface area contributed by atoms with E-state index < -0.39 is 0 Å². The fraction of sp³-hybridized carbons (Fsp3) is 0.600. The number of hydrogen-bond donors (Lipinski definition) is 1. The lowest BCUT2D eigenvalue weighted by molar-refractivity contribution is 0.422. The number of nitrogens with one attached hydrogen (secondary N) is 1. The van der Waals surface area contributed by atoms with Gasteiger partial charge in [0.15, 0.2) is 0 Å². The van der Waals surface area contributed by atoms with Crippen molar-refractivity contribution in [2.24, 2.45) is 0 Å². The van der Waals surface area contributed by atoms with Gasteiger partial charge in [-0.15, -0.1) is 11.8 Å². The molecule has 0 fully saturated rings. The van der Waals surface area contributed by atoms with Crippen LogP contribution in [0.4, 0.5) is 4.39 Å². The molecule has 0 aliphatic rings. The predicted octanol–water partition coefficient (Wildman–Crippen LogP) is 4.61. The molecule has 1 aromatic carbocycles. The molecule has 0 aliphatic carbocycles. The summed E-state index contributed by atoms with van der Waals surface area (Å²) in [6.45, 7) is 9.27. The Balaban J connectivity index is 2.70. The third kappa shape index (κ3) is 5.87. The first-order valence-corrected chi connectivity index (χ1v) is 7.57. The molecule has 0 aliphatic heterocycles. The summed E-state index contributed by atoms with van der Waals surface area (Å²) in [5.41, 5.74) is 1.11. The lowest BCUT2D eigenvalue weighted by Gasteiger charge is -2.21. The lowest BCUT2D eigenvalue weighted by Crippen LogP contribution is -2.35. The highest BCUT2D eigenvalue weighted by molar-refractivity contribution is 7.99. The van der Waals surface area contributed by atoms with Gasteiger partial charge in [0, 0.05) is 17.0 Å². The average Bonchev–Trinajstić information content (AvgIpc) is 2.28. The van der Waals surface area contributed by atoms with E-state index in [-0.39, 0.29) is 11.4 Å². The molecule has 0 unspecified atom stereocenters. The number of halogens is 1.